The van der Waals surface area contributed by atoms with Crippen molar-refractivity contribution in [2.45, 2.75) is 26.2 Å². The number of likely N-dealkylation sites (tertiary alicyclic amines) is 1. The standard InChI is InChI=1S/C13H24N2O2/c1-11(9-17-2)12(16)15-7-4-13(5-8-15)3-6-14-10-13/h11,14H,3-10H2,1-2H3. The van der Waals surface area contributed by atoms with E-state index in [9.17, 15) is 4.79 Å². The van der Waals surface area contributed by atoms with E-state index < -0.39 is 0 Å². The van der Waals surface area contributed by atoms with Crippen LogP contribution in [0, 0.1) is 11.3 Å². The van der Waals surface area contributed by atoms with Crippen molar-refractivity contribution in [3.05, 3.63) is 0 Å². The van der Waals surface area contributed by atoms with Crippen LogP contribution in [0.2, 0.25) is 0 Å². The molecule has 4 nitrogen and oxygen atoms in total. The first kappa shape index (κ1) is 12.8. The summed E-state index contributed by atoms with van der Waals surface area (Å²) in [4.78, 5) is 14.1. The fraction of sp³-hybridized carbons (Fsp3) is 0.923. The lowest BCUT2D eigenvalue weighted by Crippen LogP contribution is -2.46. The van der Waals surface area contributed by atoms with Gasteiger partial charge in [-0.3, -0.25) is 4.79 Å². The molecule has 0 saturated carbocycles. The van der Waals surface area contributed by atoms with Gasteiger partial charge in [-0.1, -0.05) is 6.92 Å². The summed E-state index contributed by atoms with van der Waals surface area (Å²) in [6, 6.07) is 0. The maximum Gasteiger partial charge on any atom is 0.227 e. The van der Waals surface area contributed by atoms with E-state index in [1.165, 1.54) is 6.42 Å². The van der Waals surface area contributed by atoms with Crippen LogP contribution >= 0.6 is 0 Å². The molecule has 2 aliphatic rings. The zero-order valence-electron chi connectivity index (χ0n) is 11.0. The fourth-order valence-corrected chi connectivity index (χ4v) is 3.06. The van der Waals surface area contributed by atoms with E-state index in [0.717, 1.165) is 39.0 Å². The Morgan fingerprint density at radius 3 is 2.65 bits per heavy atom. The third-order valence-electron chi connectivity index (χ3n) is 4.31. The minimum atomic E-state index is -0.00393. The van der Waals surface area contributed by atoms with Crippen molar-refractivity contribution in [1.29, 1.82) is 0 Å². The second kappa shape index (κ2) is 5.36. The molecule has 1 N–H and O–H groups in total. The van der Waals surface area contributed by atoms with Gasteiger partial charge in [0, 0.05) is 26.7 Å². The number of methoxy groups -OCH3 is 1. The summed E-state index contributed by atoms with van der Waals surface area (Å²) in [5, 5.41) is 3.45. The molecule has 0 aromatic rings. The molecule has 2 rings (SSSR count). The number of rotatable bonds is 3. The largest absolute Gasteiger partial charge is 0.384 e. The van der Waals surface area contributed by atoms with E-state index >= 15 is 0 Å². The molecule has 4 heteroatoms. The van der Waals surface area contributed by atoms with E-state index in [1.807, 2.05) is 11.8 Å². The Kier molecular flexibility index (Phi) is 4.05. The van der Waals surface area contributed by atoms with Crippen LogP contribution in [-0.2, 0) is 9.53 Å². The van der Waals surface area contributed by atoms with Crippen molar-refractivity contribution in [3.63, 3.8) is 0 Å². The highest BCUT2D eigenvalue weighted by molar-refractivity contribution is 5.78. The van der Waals surface area contributed by atoms with Crippen LogP contribution in [0.1, 0.15) is 26.2 Å². The zero-order chi connectivity index (χ0) is 12.3. The fourth-order valence-electron chi connectivity index (χ4n) is 3.06. The van der Waals surface area contributed by atoms with Gasteiger partial charge in [0.15, 0.2) is 0 Å². The first-order chi connectivity index (χ1) is 8.17. The SMILES string of the molecule is COCC(C)C(=O)N1CCC2(CCNC2)CC1. The van der Waals surface area contributed by atoms with Crippen LogP contribution in [0.3, 0.4) is 0 Å². The van der Waals surface area contributed by atoms with Gasteiger partial charge >= 0.3 is 0 Å². The second-order valence-electron chi connectivity index (χ2n) is 5.61. The van der Waals surface area contributed by atoms with Gasteiger partial charge in [-0.05, 0) is 31.2 Å². The first-order valence-electron chi connectivity index (χ1n) is 6.65. The summed E-state index contributed by atoms with van der Waals surface area (Å²) < 4.78 is 5.05. The number of nitrogens with zero attached hydrogens (tertiary/aromatic N) is 1. The van der Waals surface area contributed by atoms with E-state index in [-0.39, 0.29) is 11.8 Å². The molecule has 0 aliphatic carbocycles. The zero-order valence-corrected chi connectivity index (χ0v) is 11.0. The first-order valence-corrected chi connectivity index (χ1v) is 6.65. The van der Waals surface area contributed by atoms with E-state index in [1.54, 1.807) is 7.11 Å². The van der Waals surface area contributed by atoms with Crippen LogP contribution < -0.4 is 5.32 Å². The summed E-state index contributed by atoms with van der Waals surface area (Å²) in [7, 11) is 1.65. The van der Waals surface area contributed by atoms with Crippen LogP contribution in [-0.4, -0.2) is 50.7 Å². The van der Waals surface area contributed by atoms with Crippen LogP contribution in [0.5, 0.6) is 0 Å². The number of carbonyl (C=O) groups excluding carboxylic acids is 1. The molecular weight excluding hydrogens is 216 g/mol. The van der Waals surface area contributed by atoms with Gasteiger partial charge in [0.1, 0.15) is 0 Å². The molecule has 98 valence electrons. The molecule has 0 bridgehead atoms. The van der Waals surface area contributed by atoms with E-state index in [0.29, 0.717) is 12.0 Å². The predicted molar refractivity (Wildman–Crippen MR) is 66.8 cm³/mol. The topological polar surface area (TPSA) is 41.6 Å². The number of amides is 1. The van der Waals surface area contributed by atoms with Gasteiger partial charge in [-0.25, -0.2) is 0 Å². The average molecular weight is 240 g/mol. The molecule has 2 heterocycles. The lowest BCUT2D eigenvalue weighted by molar-refractivity contribution is -0.138. The van der Waals surface area contributed by atoms with Gasteiger partial charge in [0.05, 0.1) is 12.5 Å². The number of ether oxygens (including phenoxy) is 1. The monoisotopic (exact) mass is 240 g/mol. The Morgan fingerprint density at radius 2 is 2.12 bits per heavy atom. The lowest BCUT2D eigenvalue weighted by Gasteiger charge is -2.39. The number of nitrogens with one attached hydrogen (secondary N) is 1. The average Bonchev–Trinajstić information content (AvgIpc) is 2.78. The Morgan fingerprint density at radius 1 is 1.41 bits per heavy atom. The molecule has 2 aliphatic heterocycles. The number of carbonyl (C=O) groups is 1. The molecule has 0 aromatic heterocycles. The molecule has 17 heavy (non-hydrogen) atoms. The van der Waals surface area contributed by atoms with Gasteiger partial charge in [-0.2, -0.15) is 0 Å². The molecule has 1 unspecified atom stereocenters. The number of hydrogen-bond donors (Lipinski definition) is 1. The lowest BCUT2D eigenvalue weighted by atomic mass is 9.77. The highest BCUT2D eigenvalue weighted by atomic mass is 16.5. The molecule has 0 aromatic carbocycles. The summed E-state index contributed by atoms with van der Waals surface area (Å²) in [6.07, 6.45) is 3.60. The van der Waals surface area contributed by atoms with Crippen LogP contribution in [0.4, 0.5) is 0 Å². The summed E-state index contributed by atoms with van der Waals surface area (Å²) in [5.74, 6) is 0.253. The Bertz CT molecular complexity index is 265. The highest BCUT2D eigenvalue weighted by Gasteiger charge is 2.38. The van der Waals surface area contributed by atoms with Gasteiger partial charge in [0.2, 0.25) is 5.91 Å². The van der Waals surface area contributed by atoms with Crippen molar-refractivity contribution < 1.29 is 9.53 Å². The minimum Gasteiger partial charge on any atom is -0.384 e. The Hall–Kier alpha value is -0.610. The van der Waals surface area contributed by atoms with Crippen LogP contribution in [0.25, 0.3) is 0 Å². The predicted octanol–water partition coefficient (Wildman–Crippen LogP) is 0.871. The van der Waals surface area contributed by atoms with Crippen LogP contribution in [0.15, 0.2) is 0 Å². The minimum absolute atomic E-state index is 0.00393. The Labute approximate surface area is 104 Å². The van der Waals surface area contributed by atoms with Gasteiger partial charge in [-0.15, -0.1) is 0 Å². The third kappa shape index (κ3) is 2.80. The highest BCUT2D eigenvalue weighted by Crippen LogP contribution is 2.37. The number of piperidine rings is 1. The van der Waals surface area contributed by atoms with Crippen molar-refractivity contribution in [2.24, 2.45) is 11.3 Å². The Balaban J connectivity index is 1.84. The van der Waals surface area contributed by atoms with Gasteiger partial charge < -0.3 is 15.0 Å². The second-order valence-corrected chi connectivity index (χ2v) is 5.61. The van der Waals surface area contributed by atoms with Gasteiger partial charge in [0.25, 0.3) is 0 Å². The van der Waals surface area contributed by atoms with Crippen molar-refractivity contribution in [3.8, 4) is 0 Å². The van der Waals surface area contributed by atoms with Crippen molar-refractivity contribution in [2.75, 3.05) is 39.9 Å². The molecular formula is C13H24N2O2. The molecule has 1 amide bonds. The summed E-state index contributed by atoms with van der Waals surface area (Å²) in [5.41, 5.74) is 0.487. The van der Waals surface area contributed by atoms with E-state index in [2.05, 4.69) is 5.32 Å². The smallest absolute Gasteiger partial charge is 0.227 e. The maximum absolute atomic E-state index is 12.1. The van der Waals surface area contributed by atoms with Crippen molar-refractivity contribution in [1.82, 2.24) is 10.2 Å². The maximum atomic E-state index is 12.1. The van der Waals surface area contributed by atoms with E-state index in [4.69, 9.17) is 4.74 Å². The molecule has 2 fully saturated rings. The molecule has 0 radical (unpaired) electrons. The quantitative estimate of drug-likeness (QED) is 0.796. The summed E-state index contributed by atoms with van der Waals surface area (Å²) in [6.45, 7) is 6.62. The normalized spacial score (nSPS) is 25.2. The molecule has 1 spiro atoms. The molecule has 2 saturated heterocycles. The number of hydrogen-bond acceptors (Lipinski definition) is 3. The summed E-state index contributed by atoms with van der Waals surface area (Å²) >= 11 is 0. The van der Waals surface area contributed by atoms with Crippen molar-refractivity contribution >= 4 is 5.91 Å². The third-order valence-corrected chi connectivity index (χ3v) is 4.31. The molecule has 1 atom stereocenters.